The molecule has 8 nitrogen and oxygen atoms in total. The molecule has 0 aliphatic heterocycles. The Morgan fingerprint density at radius 2 is 1.33 bits per heavy atom. The van der Waals surface area contributed by atoms with E-state index in [9.17, 15) is 29.7 Å². The van der Waals surface area contributed by atoms with Gasteiger partial charge in [-0.15, -0.1) is 0 Å². The van der Waals surface area contributed by atoms with Crippen LogP contribution in [0.1, 0.15) is 16.7 Å². The fourth-order valence-electron chi connectivity index (χ4n) is 2.52. The van der Waals surface area contributed by atoms with Gasteiger partial charge in [-0.05, 0) is 26.0 Å². The SMILES string of the molecule is Cc1ccc(OC(C=O)(C(=O)O)C(O)(C(=O)O)c2ccc(C)cc2)cc1.O. The molecule has 2 atom stereocenters. The van der Waals surface area contributed by atoms with Gasteiger partial charge in [0, 0.05) is 5.56 Å². The van der Waals surface area contributed by atoms with Gasteiger partial charge in [0.15, 0.2) is 6.29 Å². The van der Waals surface area contributed by atoms with Crippen molar-refractivity contribution in [3.63, 3.8) is 0 Å². The standard InChI is InChI=1S/C19H18O7.H2O/c1-12-3-7-14(8-4-12)19(25,17(23)24)18(11-20,16(21)22)26-15-9-5-13(2)6-10-15;/h3-11,25H,1-2H3,(H,21,22)(H,23,24);1H2. The van der Waals surface area contributed by atoms with Crippen LogP contribution in [0.4, 0.5) is 0 Å². The zero-order valence-electron chi connectivity index (χ0n) is 14.7. The van der Waals surface area contributed by atoms with E-state index in [1.54, 1.807) is 26.0 Å². The van der Waals surface area contributed by atoms with Gasteiger partial charge in [-0.2, -0.15) is 0 Å². The number of carbonyl (C=O) groups excluding carboxylic acids is 1. The first kappa shape index (κ1) is 21.8. The predicted octanol–water partition coefficient (Wildman–Crippen LogP) is 0.852. The minimum atomic E-state index is -3.15. The molecule has 2 aromatic carbocycles. The average molecular weight is 376 g/mol. The Hall–Kier alpha value is -3.23. The maximum atomic E-state index is 11.9. The van der Waals surface area contributed by atoms with Crippen molar-refractivity contribution in [3.8, 4) is 5.75 Å². The first-order chi connectivity index (χ1) is 12.2. The second-order valence-corrected chi connectivity index (χ2v) is 5.96. The minimum Gasteiger partial charge on any atom is -0.479 e. The highest BCUT2D eigenvalue weighted by molar-refractivity contribution is 6.04. The van der Waals surface area contributed by atoms with Crippen LogP contribution in [-0.2, 0) is 20.0 Å². The molecule has 0 aliphatic rings. The van der Waals surface area contributed by atoms with Crippen molar-refractivity contribution in [1.82, 2.24) is 0 Å². The molecular formula is C19H20O8. The first-order valence-electron chi connectivity index (χ1n) is 7.65. The third-order valence-corrected chi connectivity index (χ3v) is 4.10. The van der Waals surface area contributed by atoms with E-state index in [0.717, 1.165) is 11.1 Å². The largest absolute Gasteiger partial charge is 0.479 e. The van der Waals surface area contributed by atoms with Gasteiger partial charge < -0.3 is 25.5 Å². The van der Waals surface area contributed by atoms with Crippen LogP contribution in [0.15, 0.2) is 48.5 Å². The number of hydrogen-bond donors (Lipinski definition) is 3. The summed E-state index contributed by atoms with van der Waals surface area (Å²) in [5.41, 5.74) is -4.94. The molecule has 0 fully saturated rings. The Kier molecular flexibility index (Phi) is 6.45. The summed E-state index contributed by atoms with van der Waals surface area (Å²) in [6.07, 6.45) is -0.205. The molecule has 2 rings (SSSR count). The fourth-order valence-corrected chi connectivity index (χ4v) is 2.52. The number of rotatable bonds is 7. The van der Waals surface area contributed by atoms with E-state index in [4.69, 9.17) is 4.74 Å². The van der Waals surface area contributed by atoms with Crippen LogP contribution < -0.4 is 4.74 Å². The van der Waals surface area contributed by atoms with Crippen LogP contribution in [-0.4, -0.2) is 44.6 Å². The van der Waals surface area contributed by atoms with Crippen molar-refractivity contribution >= 4 is 18.2 Å². The summed E-state index contributed by atoms with van der Waals surface area (Å²) >= 11 is 0. The summed E-state index contributed by atoms with van der Waals surface area (Å²) in [5, 5.41) is 30.2. The minimum absolute atomic E-state index is 0. The van der Waals surface area contributed by atoms with Gasteiger partial charge in [-0.3, -0.25) is 4.79 Å². The van der Waals surface area contributed by atoms with Crippen LogP contribution in [0.5, 0.6) is 5.75 Å². The van der Waals surface area contributed by atoms with Gasteiger partial charge in [0.2, 0.25) is 5.60 Å². The van der Waals surface area contributed by atoms with Crippen molar-refractivity contribution in [2.24, 2.45) is 0 Å². The van der Waals surface area contributed by atoms with Crippen molar-refractivity contribution in [1.29, 1.82) is 0 Å². The first-order valence-corrected chi connectivity index (χ1v) is 7.65. The van der Waals surface area contributed by atoms with Gasteiger partial charge in [0.05, 0.1) is 0 Å². The molecule has 27 heavy (non-hydrogen) atoms. The molecule has 144 valence electrons. The van der Waals surface area contributed by atoms with Crippen LogP contribution in [0.25, 0.3) is 0 Å². The second-order valence-electron chi connectivity index (χ2n) is 5.96. The molecule has 0 bridgehead atoms. The van der Waals surface area contributed by atoms with E-state index in [-0.39, 0.29) is 23.1 Å². The van der Waals surface area contributed by atoms with E-state index in [0.29, 0.717) is 0 Å². The fraction of sp³-hybridized carbons (Fsp3) is 0.211. The van der Waals surface area contributed by atoms with Crippen molar-refractivity contribution in [3.05, 3.63) is 65.2 Å². The summed E-state index contributed by atoms with van der Waals surface area (Å²) < 4.78 is 5.28. The Morgan fingerprint density at radius 1 is 0.889 bits per heavy atom. The number of aliphatic carboxylic acids is 2. The topological polar surface area (TPSA) is 153 Å². The molecule has 2 aromatic rings. The maximum Gasteiger partial charge on any atom is 0.359 e. The van der Waals surface area contributed by atoms with Gasteiger partial charge >= 0.3 is 17.5 Å². The molecule has 5 N–H and O–H groups in total. The summed E-state index contributed by atoms with van der Waals surface area (Å²) in [4.78, 5) is 35.6. The highest BCUT2D eigenvalue weighted by Gasteiger charge is 2.65. The zero-order chi connectivity index (χ0) is 19.5. The number of aldehydes is 1. The van der Waals surface area contributed by atoms with E-state index in [2.05, 4.69) is 0 Å². The Balaban J connectivity index is 0.00000364. The number of carboxylic acid groups (broad SMARTS) is 2. The lowest BCUT2D eigenvalue weighted by atomic mass is 9.77. The van der Waals surface area contributed by atoms with Crippen LogP contribution in [0.3, 0.4) is 0 Å². The Labute approximate surface area is 155 Å². The molecule has 0 heterocycles. The molecule has 0 saturated carbocycles. The molecule has 0 amide bonds. The van der Waals surface area contributed by atoms with Crippen LogP contribution in [0, 0.1) is 13.8 Å². The zero-order valence-corrected chi connectivity index (χ0v) is 14.7. The number of carbonyl (C=O) groups is 3. The van der Waals surface area contributed by atoms with Gasteiger partial charge in [0.25, 0.3) is 0 Å². The molecule has 0 aliphatic carbocycles. The third kappa shape index (κ3) is 3.67. The molecule has 0 spiro atoms. The summed E-state index contributed by atoms with van der Waals surface area (Å²) in [7, 11) is 0. The Bertz CT molecular complexity index is 828. The monoisotopic (exact) mass is 376 g/mol. The molecule has 2 unspecified atom stereocenters. The lowest BCUT2D eigenvalue weighted by molar-refractivity contribution is -0.200. The van der Waals surface area contributed by atoms with Crippen molar-refractivity contribution < 1.29 is 39.9 Å². The lowest BCUT2D eigenvalue weighted by Crippen LogP contribution is -2.66. The summed E-state index contributed by atoms with van der Waals surface area (Å²) in [6.45, 7) is 3.52. The average Bonchev–Trinajstić information content (AvgIpc) is 2.60. The molecule has 0 radical (unpaired) electrons. The number of ether oxygens (including phenoxy) is 1. The number of aliphatic hydroxyl groups is 1. The molecule has 0 saturated heterocycles. The summed E-state index contributed by atoms with van der Waals surface area (Å²) in [5.74, 6) is -3.93. The highest BCUT2D eigenvalue weighted by atomic mass is 16.6. The number of carboxylic acids is 2. The van der Waals surface area contributed by atoms with Gasteiger partial charge in [-0.1, -0.05) is 47.5 Å². The van der Waals surface area contributed by atoms with E-state index >= 15 is 0 Å². The van der Waals surface area contributed by atoms with Crippen molar-refractivity contribution in [2.45, 2.75) is 25.0 Å². The lowest BCUT2D eigenvalue weighted by Gasteiger charge is -2.37. The molecular weight excluding hydrogens is 356 g/mol. The van der Waals surface area contributed by atoms with Crippen LogP contribution >= 0.6 is 0 Å². The Morgan fingerprint density at radius 3 is 1.70 bits per heavy atom. The number of hydrogen-bond acceptors (Lipinski definition) is 5. The third-order valence-electron chi connectivity index (χ3n) is 4.10. The van der Waals surface area contributed by atoms with Crippen LogP contribution in [0.2, 0.25) is 0 Å². The molecule has 8 heteroatoms. The van der Waals surface area contributed by atoms with Gasteiger partial charge in [0.1, 0.15) is 5.75 Å². The predicted molar refractivity (Wildman–Crippen MR) is 94.6 cm³/mol. The normalized spacial score (nSPS) is 14.8. The van der Waals surface area contributed by atoms with E-state index in [1.165, 1.54) is 36.4 Å². The van der Waals surface area contributed by atoms with Gasteiger partial charge in [-0.25, -0.2) is 9.59 Å². The molecule has 0 aromatic heterocycles. The van der Waals surface area contributed by atoms with Crippen molar-refractivity contribution in [2.75, 3.05) is 0 Å². The van der Waals surface area contributed by atoms with E-state index < -0.39 is 23.1 Å². The number of benzene rings is 2. The second kappa shape index (κ2) is 7.98. The highest BCUT2D eigenvalue weighted by Crippen LogP contribution is 2.37. The van der Waals surface area contributed by atoms with E-state index in [1.807, 2.05) is 0 Å². The summed E-state index contributed by atoms with van der Waals surface area (Å²) in [6, 6.07) is 11.4. The number of aryl methyl sites for hydroxylation is 2. The quantitative estimate of drug-likeness (QED) is 0.478. The smallest absolute Gasteiger partial charge is 0.359 e. The maximum absolute atomic E-state index is 11.9.